The van der Waals surface area contributed by atoms with E-state index in [4.69, 9.17) is 4.74 Å². The first-order chi connectivity index (χ1) is 15.5. The molecule has 0 aliphatic heterocycles. The van der Waals surface area contributed by atoms with Gasteiger partial charge >= 0.3 is 6.09 Å². The Labute approximate surface area is 185 Å². The van der Waals surface area contributed by atoms with Crippen LogP contribution in [0.5, 0.6) is 0 Å². The zero-order valence-electron chi connectivity index (χ0n) is 17.5. The summed E-state index contributed by atoms with van der Waals surface area (Å²) >= 11 is 0. The van der Waals surface area contributed by atoms with Crippen molar-refractivity contribution in [2.45, 2.75) is 31.4 Å². The van der Waals surface area contributed by atoms with Gasteiger partial charge in [-0.05, 0) is 43.0 Å². The Hall–Kier alpha value is -3.94. The molecule has 3 amide bonds. The SMILES string of the molecule is O=C(CNC(=O)OCc1ccccc1)NC1(C(=O)Nc2ccc3cccnc3c2)CCC1. The Balaban J connectivity index is 1.28. The summed E-state index contributed by atoms with van der Waals surface area (Å²) in [5.41, 5.74) is 1.26. The van der Waals surface area contributed by atoms with Gasteiger partial charge in [-0.15, -0.1) is 0 Å². The molecule has 0 bridgehead atoms. The number of fused-ring (bicyclic) bond motifs is 1. The van der Waals surface area contributed by atoms with Gasteiger partial charge in [0.25, 0.3) is 0 Å². The molecule has 1 saturated carbocycles. The van der Waals surface area contributed by atoms with Crippen LogP contribution in [0.3, 0.4) is 0 Å². The normalized spacial score (nSPS) is 14.1. The molecule has 164 valence electrons. The van der Waals surface area contributed by atoms with Crippen LogP contribution in [0.25, 0.3) is 10.9 Å². The number of alkyl carbamates (subject to hydrolysis) is 1. The predicted molar refractivity (Wildman–Crippen MR) is 120 cm³/mol. The van der Waals surface area contributed by atoms with Crippen molar-refractivity contribution in [3.8, 4) is 0 Å². The van der Waals surface area contributed by atoms with Crippen LogP contribution in [0.15, 0.2) is 66.9 Å². The molecule has 8 nitrogen and oxygen atoms in total. The maximum Gasteiger partial charge on any atom is 0.407 e. The zero-order valence-corrected chi connectivity index (χ0v) is 17.5. The highest BCUT2D eigenvalue weighted by Gasteiger charge is 2.45. The number of amides is 3. The third kappa shape index (κ3) is 5.03. The van der Waals surface area contributed by atoms with Crippen LogP contribution in [0.4, 0.5) is 10.5 Å². The fraction of sp³-hybridized carbons (Fsp3) is 0.250. The van der Waals surface area contributed by atoms with Crippen LogP contribution in [-0.2, 0) is 20.9 Å². The quantitative estimate of drug-likeness (QED) is 0.531. The van der Waals surface area contributed by atoms with Gasteiger partial charge < -0.3 is 20.7 Å². The van der Waals surface area contributed by atoms with E-state index in [2.05, 4.69) is 20.9 Å². The molecule has 0 saturated heterocycles. The van der Waals surface area contributed by atoms with Gasteiger partial charge in [0, 0.05) is 17.3 Å². The topological polar surface area (TPSA) is 109 Å². The molecule has 1 aliphatic rings. The first-order valence-corrected chi connectivity index (χ1v) is 10.5. The summed E-state index contributed by atoms with van der Waals surface area (Å²) in [7, 11) is 0. The van der Waals surface area contributed by atoms with Gasteiger partial charge in [-0.25, -0.2) is 4.79 Å². The molecular formula is C24H24N4O4. The van der Waals surface area contributed by atoms with Gasteiger partial charge in [-0.1, -0.05) is 42.5 Å². The van der Waals surface area contributed by atoms with Crippen LogP contribution >= 0.6 is 0 Å². The minimum Gasteiger partial charge on any atom is -0.445 e. The van der Waals surface area contributed by atoms with E-state index >= 15 is 0 Å². The number of anilines is 1. The van der Waals surface area contributed by atoms with Gasteiger partial charge in [0.1, 0.15) is 18.7 Å². The lowest BCUT2D eigenvalue weighted by Gasteiger charge is -2.40. The second-order valence-corrected chi connectivity index (χ2v) is 7.76. The van der Waals surface area contributed by atoms with Gasteiger partial charge in [-0.3, -0.25) is 14.6 Å². The second kappa shape index (κ2) is 9.47. The van der Waals surface area contributed by atoms with Crippen LogP contribution < -0.4 is 16.0 Å². The molecule has 0 radical (unpaired) electrons. The zero-order chi connectivity index (χ0) is 22.4. The summed E-state index contributed by atoms with van der Waals surface area (Å²) in [6, 6.07) is 18.5. The van der Waals surface area contributed by atoms with Crippen LogP contribution in [-0.4, -0.2) is 35.0 Å². The molecule has 1 fully saturated rings. The number of hydrogen-bond acceptors (Lipinski definition) is 5. The van der Waals surface area contributed by atoms with Crippen LogP contribution in [0.1, 0.15) is 24.8 Å². The second-order valence-electron chi connectivity index (χ2n) is 7.76. The summed E-state index contributed by atoms with van der Waals surface area (Å²) in [6.07, 6.45) is 2.91. The minimum atomic E-state index is -0.980. The van der Waals surface area contributed by atoms with Crippen LogP contribution in [0, 0.1) is 0 Å². The van der Waals surface area contributed by atoms with E-state index in [9.17, 15) is 14.4 Å². The van der Waals surface area contributed by atoms with E-state index < -0.39 is 17.5 Å². The van der Waals surface area contributed by atoms with Crippen LogP contribution in [0.2, 0.25) is 0 Å². The lowest BCUT2D eigenvalue weighted by Crippen LogP contribution is -2.62. The van der Waals surface area contributed by atoms with Crippen molar-refractivity contribution in [1.29, 1.82) is 0 Å². The number of benzene rings is 2. The smallest absolute Gasteiger partial charge is 0.407 e. The molecule has 1 aromatic heterocycles. The maximum atomic E-state index is 12.9. The molecule has 0 unspecified atom stereocenters. The summed E-state index contributed by atoms with van der Waals surface area (Å²) < 4.78 is 5.10. The van der Waals surface area contributed by atoms with Crippen molar-refractivity contribution in [3.05, 3.63) is 72.4 Å². The highest BCUT2D eigenvalue weighted by atomic mass is 16.5. The van der Waals surface area contributed by atoms with Crippen molar-refractivity contribution in [3.63, 3.8) is 0 Å². The average Bonchev–Trinajstić information content (AvgIpc) is 2.79. The molecule has 0 atom stereocenters. The average molecular weight is 432 g/mol. The number of nitrogens with one attached hydrogen (secondary N) is 3. The molecule has 3 N–H and O–H groups in total. The first kappa shape index (κ1) is 21.3. The van der Waals surface area contributed by atoms with Crippen molar-refractivity contribution in [2.24, 2.45) is 0 Å². The Bertz CT molecular complexity index is 1130. The van der Waals surface area contributed by atoms with Crippen molar-refractivity contribution >= 4 is 34.5 Å². The molecule has 3 aromatic rings. The highest BCUT2D eigenvalue weighted by Crippen LogP contribution is 2.33. The summed E-state index contributed by atoms with van der Waals surface area (Å²) in [5.74, 6) is -0.726. The fourth-order valence-corrected chi connectivity index (χ4v) is 3.57. The Kier molecular flexibility index (Phi) is 6.30. The minimum absolute atomic E-state index is 0.112. The number of aromatic nitrogens is 1. The fourth-order valence-electron chi connectivity index (χ4n) is 3.57. The Morgan fingerprint density at radius 1 is 1.00 bits per heavy atom. The predicted octanol–water partition coefficient (Wildman–Crippen LogP) is 3.14. The molecule has 0 spiro atoms. The maximum absolute atomic E-state index is 12.9. The number of pyridine rings is 1. The number of carbonyl (C=O) groups is 3. The largest absolute Gasteiger partial charge is 0.445 e. The number of rotatable bonds is 7. The summed E-state index contributed by atoms with van der Waals surface area (Å²) in [5, 5.41) is 9.05. The van der Waals surface area contributed by atoms with Gasteiger partial charge in [0.05, 0.1) is 5.52 Å². The number of nitrogens with zero attached hydrogens (tertiary/aromatic N) is 1. The summed E-state index contributed by atoms with van der Waals surface area (Å²) in [4.78, 5) is 41.5. The number of carbonyl (C=O) groups excluding carboxylic acids is 3. The molecule has 1 heterocycles. The third-order valence-electron chi connectivity index (χ3n) is 5.49. The first-order valence-electron chi connectivity index (χ1n) is 10.5. The monoisotopic (exact) mass is 432 g/mol. The van der Waals surface area contributed by atoms with Gasteiger partial charge in [0.2, 0.25) is 11.8 Å². The summed E-state index contributed by atoms with van der Waals surface area (Å²) in [6.45, 7) is -0.163. The van der Waals surface area contributed by atoms with E-state index in [-0.39, 0.29) is 19.1 Å². The Morgan fingerprint density at radius 3 is 2.56 bits per heavy atom. The number of hydrogen-bond donors (Lipinski definition) is 3. The lowest BCUT2D eigenvalue weighted by atomic mass is 9.75. The van der Waals surface area contributed by atoms with E-state index in [0.717, 1.165) is 22.9 Å². The lowest BCUT2D eigenvalue weighted by molar-refractivity contribution is -0.133. The van der Waals surface area contributed by atoms with Gasteiger partial charge in [-0.2, -0.15) is 0 Å². The number of ether oxygens (including phenoxy) is 1. The van der Waals surface area contributed by atoms with Gasteiger partial charge in [0.15, 0.2) is 0 Å². The van der Waals surface area contributed by atoms with Crippen molar-refractivity contribution in [1.82, 2.24) is 15.6 Å². The molecular weight excluding hydrogens is 408 g/mol. The molecule has 8 heteroatoms. The molecule has 32 heavy (non-hydrogen) atoms. The standard InChI is InChI=1S/C24H24N4O4/c29-21(15-26-23(31)32-16-17-6-2-1-3-7-17)28-24(11-5-12-24)22(30)27-19-10-9-18-8-4-13-25-20(18)14-19/h1-4,6-10,13-14H,5,11-12,15-16H2,(H,26,31)(H,27,30)(H,28,29). The molecule has 2 aromatic carbocycles. The van der Waals surface area contributed by atoms with E-state index in [1.807, 2.05) is 48.5 Å². The molecule has 4 rings (SSSR count). The van der Waals surface area contributed by atoms with E-state index in [1.54, 1.807) is 18.3 Å². The molecule has 1 aliphatic carbocycles. The van der Waals surface area contributed by atoms with E-state index in [1.165, 1.54) is 0 Å². The van der Waals surface area contributed by atoms with Crippen molar-refractivity contribution < 1.29 is 19.1 Å². The van der Waals surface area contributed by atoms with Crippen molar-refractivity contribution in [2.75, 3.05) is 11.9 Å². The third-order valence-corrected chi connectivity index (χ3v) is 5.49. The Morgan fingerprint density at radius 2 is 1.81 bits per heavy atom. The van der Waals surface area contributed by atoms with E-state index in [0.29, 0.717) is 18.5 Å². The highest BCUT2D eigenvalue weighted by molar-refractivity contribution is 6.02.